The molecule has 3 aromatic rings. The highest BCUT2D eigenvalue weighted by atomic mass is 16.7. The average Bonchev–Trinajstić information content (AvgIpc) is 3.50. The molecular formula is C21H21N3O7. The van der Waals surface area contributed by atoms with Gasteiger partial charge in [0.15, 0.2) is 11.2 Å². The van der Waals surface area contributed by atoms with E-state index < -0.39 is 17.8 Å². The van der Waals surface area contributed by atoms with E-state index in [1.807, 2.05) is 6.92 Å². The quantitative estimate of drug-likeness (QED) is 0.190. The Bertz CT molecular complexity index is 1120. The first-order valence-electron chi connectivity index (χ1n) is 9.92. The first-order chi connectivity index (χ1) is 15.0. The van der Waals surface area contributed by atoms with Crippen LogP contribution in [0.1, 0.15) is 44.6 Å². The van der Waals surface area contributed by atoms with Gasteiger partial charge in [-0.3, -0.25) is 9.59 Å². The van der Waals surface area contributed by atoms with E-state index in [4.69, 9.17) is 24.3 Å². The number of nitrogens with zero attached hydrogens (tertiary/aromatic N) is 2. The number of furan rings is 2. The van der Waals surface area contributed by atoms with Crippen LogP contribution >= 0.6 is 0 Å². The third-order valence-electron chi connectivity index (χ3n) is 5.02. The fourth-order valence-electron chi connectivity index (χ4n) is 3.56. The van der Waals surface area contributed by atoms with Crippen LogP contribution in [0.2, 0.25) is 0 Å². The van der Waals surface area contributed by atoms with Crippen LogP contribution in [0.4, 0.5) is 0 Å². The second-order valence-corrected chi connectivity index (χ2v) is 6.96. The number of hydrazone groups is 1. The molecule has 10 heteroatoms. The van der Waals surface area contributed by atoms with Gasteiger partial charge >= 0.3 is 5.97 Å². The molecule has 1 fully saturated rings. The monoisotopic (exact) mass is 427 g/mol. The largest absolute Gasteiger partial charge is 0.492 e. The standard InChI is InChI=1S/C21H21N3O7/c1-2-14(23-22)18-20-12(7-10-29-20)19(13-8-11-30-21(13)18)28-9-3-4-17(27)31-24-15(25)5-6-16(24)26/h7-8,10-11H,2-6,9,22H2,1H3. The smallest absolute Gasteiger partial charge is 0.333 e. The van der Waals surface area contributed by atoms with Gasteiger partial charge in [-0.1, -0.05) is 6.92 Å². The molecule has 0 unspecified atom stereocenters. The van der Waals surface area contributed by atoms with E-state index in [2.05, 4.69) is 5.10 Å². The van der Waals surface area contributed by atoms with Crippen LogP contribution in [0.5, 0.6) is 5.75 Å². The minimum absolute atomic E-state index is 0.0159. The zero-order valence-electron chi connectivity index (χ0n) is 16.9. The van der Waals surface area contributed by atoms with Crippen LogP contribution in [0.15, 0.2) is 38.6 Å². The number of amides is 2. The van der Waals surface area contributed by atoms with Gasteiger partial charge < -0.3 is 24.3 Å². The number of hydroxylamine groups is 2. The molecule has 0 bridgehead atoms. The van der Waals surface area contributed by atoms with Crippen LogP contribution < -0.4 is 10.6 Å². The van der Waals surface area contributed by atoms with E-state index in [0.29, 0.717) is 46.1 Å². The molecule has 1 saturated heterocycles. The first-order valence-corrected chi connectivity index (χ1v) is 9.92. The summed E-state index contributed by atoms with van der Waals surface area (Å²) in [6.45, 7) is 2.13. The molecule has 0 saturated carbocycles. The van der Waals surface area contributed by atoms with Crippen molar-refractivity contribution in [1.82, 2.24) is 5.06 Å². The third kappa shape index (κ3) is 3.72. The molecule has 3 heterocycles. The van der Waals surface area contributed by atoms with Crippen LogP contribution in [0.3, 0.4) is 0 Å². The van der Waals surface area contributed by atoms with Gasteiger partial charge in [0, 0.05) is 12.8 Å². The second-order valence-electron chi connectivity index (χ2n) is 6.96. The molecule has 0 aliphatic carbocycles. The highest BCUT2D eigenvalue weighted by Gasteiger charge is 2.32. The predicted molar refractivity (Wildman–Crippen MR) is 109 cm³/mol. The summed E-state index contributed by atoms with van der Waals surface area (Å²) >= 11 is 0. The maximum atomic E-state index is 12.0. The van der Waals surface area contributed by atoms with Gasteiger partial charge in [-0.15, -0.1) is 5.06 Å². The fraction of sp³-hybridized carbons (Fsp3) is 0.333. The summed E-state index contributed by atoms with van der Waals surface area (Å²) < 4.78 is 17.3. The zero-order chi connectivity index (χ0) is 22.0. The van der Waals surface area contributed by atoms with Crippen molar-refractivity contribution in [1.29, 1.82) is 0 Å². The summed E-state index contributed by atoms with van der Waals surface area (Å²) in [6, 6.07) is 3.56. The summed E-state index contributed by atoms with van der Waals surface area (Å²) in [5.74, 6) is 4.43. The molecule has 0 radical (unpaired) electrons. The fourth-order valence-corrected chi connectivity index (χ4v) is 3.56. The van der Waals surface area contributed by atoms with Gasteiger partial charge in [0.2, 0.25) is 0 Å². The van der Waals surface area contributed by atoms with Gasteiger partial charge in [-0.25, -0.2) is 4.79 Å². The van der Waals surface area contributed by atoms with Crippen molar-refractivity contribution in [3.8, 4) is 5.75 Å². The molecule has 4 rings (SSSR count). The van der Waals surface area contributed by atoms with Gasteiger partial charge in [0.25, 0.3) is 11.8 Å². The molecule has 1 aliphatic rings. The Balaban J connectivity index is 1.48. The topological polar surface area (TPSA) is 138 Å². The average molecular weight is 427 g/mol. The molecule has 1 aliphatic heterocycles. The first kappa shape index (κ1) is 20.5. The molecule has 31 heavy (non-hydrogen) atoms. The Hall–Kier alpha value is -3.82. The number of hydrogen-bond acceptors (Lipinski definition) is 9. The van der Waals surface area contributed by atoms with Gasteiger partial charge in [-0.2, -0.15) is 5.10 Å². The lowest BCUT2D eigenvalue weighted by molar-refractivity contribution is -0.197. The van der Waals surface area contributed by atoms with E-state index in [-0.39, 0.29) is 25.9 Å². The Morgan fingerprint density at radius 2 is 1.74 bits per heavy atom. The van der Waals surface area contributed by atoms with E-state index in [1.165, 1.54) is 0 Å². The van der Waals surface area contributed by atoms with Crippen LogP contribution in [0.25, 0.3) is 21.9 Å². The van der Waals surface area contributed by atoms with Crippen LogP contribution in [0, 0.1) is 0 Å². The maximum absolute atomic E-state index is 12.0. The van der Waals surface area contributed by atoms with Crippen molar-refractivity contribution in [2.75, 3.05) is 6.61 Å². The molecule has 2 aromatic heterocycles. The van der Waals surface area contributed by atoms with Crippen molar-refractivity contribution < 1.29 is 32.8 Å². The Labute approximate surface area is 176 Å². The van der Waals surface area contributed by atoms with Crippen molar-refractivity contribution in [3.63, 3.8) is 0 Å². The number of carbonyl (C=O) groups is 3. The number of imide groups is 1. The molecule has 2 N–H and O–H groups in total. The minimum Gasteiger partial charge on any atom is -0.492 e. The lowest BCUT2D eigenvalue weighted by atomic mass is 10.0. The highest BCUT2D eigenvalue weighted by Crippen LogP contribution is 2.40. The van der Waals surface area contributed by atoms with Crippen molar-refractivity contribution in [2.24, 2.45) is 10.9 Å². The molecule has 0 spiro atoms. The molecule has 10 nitrogen and oxygen atoms in total. The van der Waals surface area contributed by atoms with Gasteiger partial charge in [-0.05, 0) is 25.0 Å². The lowest BCUT2D eigenvalue weighted by Gasteiger charge is -2.13. The van der Waals surface area contributed by atoms with E-state index in [0.717, 1.165) is 10.8 Å². The van der Waals surface area contributed by atoms with E-state index in [1.54, 1.807) is 24.7 Å². The molecule has 1 aromatic carbocycles. The SMILES string of the molecule is CCC(=NN)c1c2occc2c(OCCCC(=O)ON2C(=O)CCC2=O)c2ccoc12. The number of rotatable bonds is 8. The molecule has 162 valence electrons. The summed E-state index contributed by atoms with van der Waals surface area (Å²) in [5, 5.41) is 5.87. The molecule has 2 amide bonds. The van der Waals surface area contributed by atoms with Crippen molar-refractivity contribution in [3.05, 3.63) is 30.2 Å². The Morgan fingerprint density at radius 3 is 2.29 bits per heavy atom. The zero-order valence-corrected chi connectivity index (χ0v) is 16.9. The summed E-state index contributed by atoms with van der Waals surface area (Å²) in [4.78, 5) is 39.8. The Kier molecular flexibility index (Phi) is 5.61. The van der Waals surface area contributed by atoms with Gasteiger partial charge in [0.05, 0.1) is 47.6 Å². The maximum Gasteiger partial charge on any atom is 0.333 e. The van der Waals surface area contributed by atoms with Gasteiger partial charge in [0.1, 0.15) is 5.75 Å². The number of carbonyl (C=O) groups excluding carboxylic acids is 3. The number of nitrogens with two attached hydrogens (primary N) is 1. The van der Waals surface area contributed by atoms with Crippen molar-refractivity contribution >= 4 is 45.4 Å². The van der Waals surface area contributed by atoms with E-state index >= 15 is 0 Å². The highest BCUT2D eigenvalue weighted by molar-refractivity contribution is 6.20. The minimum atomic E-state index is -0.670. The van der Waals surface area contributed by atoms with Crippen molar-refractivity contribution in [2.45, 2.75) is 39.0 Å². The summed E-state index contributed by atoms with van der Waals surface area (Å²) in [7, 11) is 0. The summed E-state index contributed by atoms with van der Waals surface area (Å²) in [6.07, 6.45) is 4.10. The normalized spacial score (nSPS) is 14.7. The third-order valence-corrected chi connectivity index (χ3v) is 5.02. The number of benzene rings is 1. The van der Waals surface area contributed by atoms with Crippen LogP contribution in [-0.2, 0) is 19.2 Å². The predicted octanol–water partition coefficient (Wildman–Crippen LogP) is 3.02. The second kappa shape index (κ2) is 8.50. The number of fused-ring (bicyclic) bond motifs is 2. The number of ether oxygens (including phenoxy) is 1. The molecule has 0 atom stereocenters. The van der Waals surface area contributed by atoms with E-state index in [9.17, 15) is 14.4 Å². The molecular weight excluding hydrogens is 406 g/mol. The van der Waals surface area contributed by atoms with Crippen LogP contribution in [-0.4, -0.2) is 35.2 Å². The Morgan fingerprint density at radius 1 is 1.13 bits per heavy atom. The summed E-state index contributed by atoms with van der Waals surface area (Å²) in [5.41, 5.74) is 2.42. The lowest BCUT2D eigenvalue weighted by Crippen LogP contribution is -2.32. The number of hydrogen-bond donors (Lipinski definition) is 1.